The van der Waals surface area contributed by atoms with Gasteiger partial charge < -0.3 is 20.3 Å². The number of rotatable bonds is 4. The van der Waals surface area contributed by atoms with Crippen molar-refractivity contribution in [3.63, 3.8) is 0 Å². The van der Waals surface area contributed by atoms with Gasteiger partial charge in [0.1, 0.15) is 0 Å². The van der Waals surface area contributed by atoms with Gasteiger partial charge in [-0.1, -0.05) is 96.8 Å². The molecule has 0 N–H and O–H groups in total. The number of fused-ring (bicyclic) bond motifs is 2. The predicted molar refractivity (Wildman–Crippen MR) is 188 cm³/mol. The SMILES string of the molecule is CCc1cc2c(-c3ccc(C)cc3)cccc2[cH-]1.CCc1cc2c(-c3ccc(C)cc3)cccc2[cH-]1.Cl.Cl.[CH2-]C[CH2-].[Hf+4]. The van der Waals surface area contributed by atoms with Crippen molar-refractivity contribution in [3.8, 4) is 22.3 Å². The molecule has 0 saturated carbocycles. The minimum absolute atomic E-state index is 0. The predicted octanol–water partition coefficient (Wildman–Crippen LogP) is 12.1. The van der Waals surface area contributed by atoms with Crippen LogP contribution < -0.4 is 0 Å². The Morgan fingerprint density at radius 2 is 0.881 bits per heavy atom. The van der Waals surface area contributed by atoms with Crippen LogP contribution in [0.1, 0.15) is 42.5 Å². The van der Waals surface area contributed by atoms with E-state index in [0.717, 1.165) is 19.3 Å². The Kier molecular flexibility index (Phi) is 16.3. The van der Waals surface area contributed by atoms with Crippen LogP contribution in [0.5, 0.6) is 0 Å². The average Bonchev–Trinajstić information content (AvgIpc) is 3.59. The summed E-state index contributed by atoms with van der Waals surface area (Å²) in [6.45, 7) is 15.4. The fourth-order valence-electron chi connectivity index (χ4n) is 4.97. The van der Waals surface area contributed by atoms with Gasteiger partial charge in [0.2, 0.25) is 0 Å². The first-order valence-corrected chi connectivity index (χ1v) is 14.1. The molecule has 0 saturated heterocycles. The summed E-state index contributed by atoms with van der Waals surface area (Å²) in [6, 6.07) is 39.9. The van der Waals surface area contributed by atoms with E-state index in [4.69, 9.17) is 0 Å². The maximum Gasteiger partial charge on any atom is 4.00 e. The molecule has 0 atom stereocenters. The molecule has 42 heavy (non-hydrogen) atoms. The van der Waals surface area contributed by atoms with Crippen LogP contribution in [0.15, 0.2) is 109 Å². The second kappa shape index (κ2) is 18.3. The Labute approximate surface area is 284 Å². The third kappa shape index (κ3) is 9.27. The van der Waals surface area contributed by atoms with Crippen molar-refractivity contribution in [2.75, 3.05) is 0 Å². The molecule has 0 spiro atoms. The van der Waals surface area contributed by atoms with Crippen LogP contribution in [0, 0.1) is 27.7 Å². The Morgan fingerprint density at radius 3 is 1.19 bits per heavy atom. The molecule has 0 nitrogen and oxygen atoms in total. The summed E-state index contributed by atoms with van der Waals surface area (Å²) in [4.78, 5) is 0. The summed E-state index contributed by atoms with van der Waals surface area (Å²) in [6.07, 6.45) is 2.95. The molecule has 0 aliphatic rings. The monoisotopic (exact) mass is 760 g/mol. The van der Waals surface area contributed by atoms with E-state index < -0.39 is 0 Å². The van der Waals surface area contributed by atoms with Crippen molar-refractivity contribution in [2.45, 2.75) is 47.0 Å². The number of aryl methyl sites for hydroxylation is 4. The molecule has 0 aliphatic heterocycles. The molecule has 216 valence electrons. The molecule has 6 aromatic rings. The van der Waals surface area contributed by atoms with Crippen LogP contribution in [-0.4, -0.2) is 0 Å². The third-order valence-corrected chi connectivity index (χ3v) is 7.16. The van der Waals surface area contributed by atoms with Gasteiger partial charge in [-0.15, -0.1) is 93.9 Å². The van der Waals surface area contributed by atoms with Crippen molar-refractivity contribution in [1.82, 2.24) is 0 Å². The van der Waals surface area contributed by atoms with E-state index in [1.54, 1.807) is 0 Å². The Balaban J connectivity index is 0.000000361. The number of halogens is 2. The number of benzene rings is 4. The van der Waals surface area contributed by atoms with E-state index in [0.29, 0.717) is 0 Å². The van der Waals surface area contributed by atoms with Crippen molar-refractivity contribution in [1.29, 1.82) is 0 Å². The maximum absolute atomic E-state index is 3.38. The van der Waals surface area contributed by atoms with Gasteiger partial charge in [-0.2, -0.15) is 12.1 Å². The molecule has 6 rings (SSSR count). The maximum atomic E-state index is 3.38. The van der Waals surface area contributed by atoms with E-state index in [-0.39, 0.29) is 50.7 Å². The van der Waals surface area contributed by atoms with Gasteiger partial charge in [0.25, 0.3) is 0 Å². The van der Waals surface area contributed by atoms with Crippen molar-refractivity contribution >= 4 is 46.4 Å². The van der Waals surface area contributed by atoms with Crippen molar-refractivity contribution in [3.05, 3.63) is 145 Å². The van der Waals surface area contributed by atoms with E-state index in [1.165, 1.54) is 66.1 Å². The van der Waals surface area contributed by atoms with E-state index in [1.807, 2.05) is 0 Å². The summed E-state index contributed by atoms with van der Waals surface area (Å²) in [5, 5.41) is 5.45. The molecule has 0 aromatic heterocycles. The van der Waals surface area contributed by atoms with Crippen LogP contribution in [0.2, 0.25) is 0 Å². The molecule has 0 heterocycles. The molecular formula is C39H42Cl2Hf. The second-order valence-electron chi connectivity index (χ2n) is 10.1. The normalized spacial score (nSPS) is 9.86. The zero-order chi connectivity index (χ0) is 27.8. The second-order valence-corrected chi connectivity index (χ2v) is 10.1. The fourth-order valence-corrected chi connectivity index (χ4v) is 4.97. The van der Waals surface area contributed by atoms with Crippen LogP contribution in [0.4, 0.5) is 0 Å². The molecule has 0 radical (unpaired) electrons. The molecule has 0 bridgehead atoms. The molecule has 6 aromatic carbocycles. The van der Waals surface area contributed by atoms with E-state index >= 15 is 0 Å². The zero-order valence-electron chi connectivity index (χ0n) is 25.2. The summed E-state index contributed by atoms with van der Waals surface area (Å²) in [5.74, 6) is 0. The van der Waals surface area contributed by atoms with Gasteiger partial charge in [-0.25, -0.2) is 0 Å². The average molecular weight is 760 g/mol. The molecule has 3 heteroatoms. The first-order valence-electron chi connectivity index (χ1n) is 14.1. The smallest absolute Gasteiger partial charge is 0.372 e. The minimum Gasteiger partial charge on any atom is -0.372 e. The third-order valence-electron chi connectivity index (χ3n) is 7.16. The van der Waals surface area contributed by atoms with Gasteiger partial charge in [-0.3, -0.25) is 0 Å². The van der Waals surface area contributed by atoms with Crippen LogP contribution in [-0.2, 0) is 38.7 Å². The standard InChI is InChI=1S/2C18H17.C3H6.2ClH.Hf/c2*1-3-14-11-16-5-4-6-17(18(16)12-14)15-9-7-13(2)8-10-15;1-3-2;;;/h2*4-12H,3H2,1-2H3;1-3H2;2*1H;/q2*-1;-2;;;+4. The Bertz CT molecular complexity index is 1500. The van der Waals surface area contributed by atoms with Gasteiger partial charge >= 0.3 is 25.8 Å². The first-order chi connectivity index (χ1) is 19.0. The molecule has 0 aliphatic carbocycles. The Hall–Kier alpha value is -2.45. The van der Waals surface area contributed by atoms with Gasteiger partial charge in [0.05, 0.1) is 0 Å². The van der Waals surface area contributed by atoms with E-state index in [2.05, 4.69) is 151 Å². The van der Waals surface area contributed by atoms with Crippen LogP contribution in [0.3, 0.4) is 0 Å². The quantitative estimate of drug-likeness (QED) is 0.124. The van der Waals surface area contributed by atoms with Crippen molar-refractivity contribution < 1.29 is 25.8 Å². The van der Waals surface area contributed by atoms with Gasteiger partial charge in [0.15, 0.2) is 0 Å². The molecule has 0 fully saturated rings. The summed E-state index contributed by atoms with van der Waals surface area (Å²) in [5.41, 5.74) is 10.7. The number of hydrogen-bond donors (Lipinski definition) is 0. The van der Waals surface area contributed by atoms with E-state index in [9.17, 15) is 0 Å². The fraction of sp³-hybridized carbons (Fsp3) is 0.179. The summed E-state index contributed by atoms with van der Waals surface area (Å²) < 4.78 is 0. The first kappa shape index (κ1) is 37.6. The molecule has 0 amide bonds. The topological polar surface area (TPSA) is 0 Å². The largest absolute Gasteiger partial charge is 4.00 e. The Morgan fingerprint density at radius 1 is 0.548 bits per heavy atom. The zero-order valence-corrected chi connectivity index (χ0v) is 30.5. The van der Waals surface area contributed by atoms with Crippen LogP contribution >= 0.6 is 24.8 Å². The van der Waals surface area contributed by atoms with Crippen LogP contribution in [0.25, 0.3) is 43.8 Å². The van der Waals surface area contributed by atoms with Crippen molar-refractivity contribution in [2.24, 2.45) is 0 Å². The summed E-state index contributed by atoms with van der Waals surface area (Å²) >= 11 is 0. The molecule has 0 unspecified atom stereocenters. The minimum atomic E-state index is 0. The van der Waals surface area contributed by atoms with Gasteiger partial charge in [0, 0.05) is 0 Å². The summed E-state index contributed by atoms with van der Waals surface area (Å²) in [7, 11) is 0. The number of hydrogen-bond acceptors (Lipinski definition) is 0. The van der Waals surface area contributed by atoms with Gasteiger partial charge in [-0.05, 0) is 37.8 Å². The molecular weight excluding hydrogens is 718 g/mol.